The highest BCUT2D eigenvalue weighted by Crippen LogP contribution is 2.55. The molecule has 1 aromatic carbocycles. The topological polar surface area (TPSA) is 22.1 Å². The monoisotopic (exact) mass is 457 g/mol. The van der Waals surface area contributed by atoms with Crippen LogP contribution in [0.1, 0.15) is 124 Å². The fourth-order valence-electron chi connectivity index (χ4n) is 6.69. The molecule has 2 atom stereocenters. The van der Waals surface area contributed by atoms with Crippen molar-refractivity contribution in [3.63, 3.8) is 0 Å². The molecule has 0 spiro atoms. The zero-order valence-electron chi connectivity index (χ0n) is 20.3. The molecule has 178 valence electrons. The molecule has 0 saturated heterocycles. The Morgan fingerprint density at radius 1 is 0.939 bits per heavy atom. The second kappa shape index (κ2) is 7.56. The number of rotatable bonds is 2. The first-order valence-corrected chi connectivity index (χ1v) is 12.3. The van der Waals surface area contributed by atoms with E-state index in [1.54, 1.807) is 12.1 Å². The Kier molecular flexibility index (Phi) is 5.24. The highest BCUT2D eigenvalue weighted by molar-refractivity contribution is 5.53. The molecule has 5 rings (SSSR count). The van der Waals surface area contributed by atoms with Crippen molar-refractivity contribution in [1.82, 2.24) is 4.98 Å². The Labute approximate surface area is 195 Å². The van der Waals surface area contributed by atoms with E-state index in [0.717, 1.165) is 29.7 Å². The molecule has 33 heavy (non-hydrogen) atoms. The zero-order valence-corrected chi connectivity index (χ0v) is 20.3. The maximum atomic E-state index is 13.2. The summed E-state index contributed by atoms with van der Waals surface area (Å²) in [6, 6.07) is 5.53. The Balaban J connectivity index is 1.71. The van der Waals surface area contributed by atoms with Gasteiger partial charge in [0.2, 0.25) is 0 Å². The summed E-state index contributed by atoms with van der Waals surface area (Å²) in [5.74, 6) is 0.891. The molecule has 2 aliphatic carbocycles. The summed E-state index contributed by atoms with van der Waals surface area (Å²) in [5.41, 5.74) is 5.91. The van der Waals surface area contributed by atoms with E-state index in [0.29, 0.717) is 11.8 Å². The van der Waals surface area contributed by atoms with Gasteiger partial charge in [-0.15, -0.1) is 0 Å². The summed E-state index contributed by atoms with van der Waals surface area (Å²) in [7, 11) is 0. The van der Waals surface area contributed by atoms with Crippen LogP contribution in [0.2, 0.25) is 0 Å². The number of alkyl halides is 3. The number of halogens is 3. The lowest BCUT2D eigenvalue weighted by molar-refractivity contribution is -0.137. The molecule has 2 heterocycles. The van der Waals surface area contributed by atoms with E-state index in [1.165, 1.54) is 54.6 Å². The summed E-state index contributed by atoms with van der Waals surface area (Å²) in [6.07, 6.45) is 2.14. The van der Waals surface area contributed by atoms with Crippen molar-refractivity contribution >= 4 is 0 Å². The van der Waals surface area contributed by atoms with Gasteiger partial charge in [0.25, 0.3) is 0 Å². The second-order valence-corrected chi connectivity index (χ2v) is 11.7. The lowest BCUT2D eigenvalue weighted by Crippen LogP contribution is -2.29. The molecule has 0 amide bonds. The minimum absolute atomic E-state index is 0.205. The fraction of sp³-hybridized carbons (Fsp3) is 0.607. The maximum absolute atomic E-state index is 13.2. The molecule has 1 fully saturated rings. The Hall–Kier alpha value is -1.88. The van der Waals surface area contributed by atoms with E-state index < -0.39 is 17.3 Å². The molecule has 3 aliphatic rings. The lowest BCUT2D eigenvalue weighted by Gasteiger charge is -2.38. The van der Waals surface area contributed by atoms with E-state index >= 15 is 0 Å². The van der Waals surface area contributed by atoms with Gasteiger partial charge in [-0.25, -0.2) is 0 Å². The summed E-state index contributed by atoms with van der Waals surface area (Å²) in [5, 5.41) is 0. The van der Waals surface area contributed by atoms with Crippen LogP contribution in [0.15, 0.2) is 24.3 Å². The minimum atomic E-state index is -4.34. The van der Waals surface area contributed by atoms with Gasteiger partial charge in [-0.1, -0.05) is 45.7 Å². The first-order valence-electron chi connectivity index (χ1n) is 12.3. The number of pyridine rings is 1. The van der Waals surface area contributed by atoms with Gasteiger partial charge in [0.1, 0.15) is 11.7 Å². The van der Waals surface area contributed by atoms with Crippen LogP contribution in [0.4, 0.5) is 13.2 Å². The quantitative estimate of drug-likeness (QED) is 0.453. The number of fused-ring (bicyclic) bond motifs is 2. The molecule has 1 aliphatic heterocycles. The number of benzene rings is 1. The molecule has 0 bridgehead atoms. The van der Waals surface area contributed by atoms with Crippen LogP contribution in [-0.4, -0.2) is 4.98 Å². The van der Waals surface area contributed by atoms with Crippen LogP contribution in [0.5, 0.6) is 0 Å². The van der Waals surface area contributed by atoms with Crippen LogP contribution in [-0.2, 0) is 22.9 Å². The van der Waals surface area contributed by atoms with Gasteiger partial charge in [0.15, 0.2) is 0 Å². The average Bonchev–Trinajstić information content (AvgIpc) is 3.32. The van der Waals surface area contributed by atoms with E-state index in [9.17, 15) is 13.2 Å². The number of hydrogen-bond donors (Lipinski definition) is 0. The number of aromatic nitrogens is 1. The van der Waals surface area contributed by atoms with Crippen molar-refractivity contribution < 1.29 is 17.9 Å². The Morgan fingerprint density at radius 2 is 1.58 bits per heavy atom. The van der Waals surface area contributed by atoms with Crippen molar-refractivity contribution in [2.45, 2.75) is 103 Å². The van der Waals surface area contributed by atoms with Crippen LogP contribution in [0, 0.1) is 5.41 Å². The first kappa shape index (κ1) is 22.9. The molecule has 0 radical (unpaired) electrons. The predicted molar refractivity (Wildman–Crippen MR) is 123 cm³/mol. The van der Waals surface area contributed by atoms with Crippen LogP contribution < -0.4 is 0 Å². The number of ether oxygens (including phenoxy) is 1. The lowest BCUT2D eigenvalue weighted by atomic mass is 9.68. The Morgan fingerprint density at radius 3 is 2.18 bits per heavy atom. The van der Waals surface area contributed by atoms with Crippen LogP contribution in [0.25, 0.3) is 0 Å². The number of nitrogens with zero attached hydrogens (tertiary/aromatic N) is 1. The molecule has 2 unspecified atom stereocenters. The van der Waals surface area contributed by atoms with E-state index in [4.69, 9.17) is 9.72 Å². The van der Waals surface area contributed by atoms with Crippen molar-refractivity contribution in [3.05, 3.63) is 63.5 Å². The minimum Gasteiger partial charge on any atom is -0.357 e. The van der Waals surface area contributed by atoms with E-state index in [-0.39, 0.29) is 11.5 Å². The first-order chi connectivity index (χ1) is 15.4. The summed E-state index contributed by atoms with van der Waals surface area (Å²) in [4.78, 5) is 5.25. The molecular weight excluding hydrogens is 423 g/mol. The molecular formula is C28H34F3NO. The third kappa shape index (κ3) is 3.90. The summed E-state index contributed by atoms with van der Waals surface area (Å²) < 4.78 is 46.1. The van der Waals surface area contributed by atoms with Crippen LogP contribution in [0.3, 0.4) is 0 Å². The van der Waals surface area contributed by atoms with Crippen molar-refractivity contribution in [2.75, 3.05) is 0 Å². The largest absolute Gasteiger partial charge is 0.416 e. The molecule has 2 nitrogen and oxygen atoms in total. The van der Waals surface area contributed by atoms with E-state index in [1.807, 2.05) is 13.8 Å². The molecule has 1 aromatic heterocycles. The van der Waals surface area contributed by atoms with E-state index in [2.05, 4.69) is 20.8 Å². The van der Waals surface area contributed by atoms with Gasteiger partial charge in [-0.2, -0.15) is 13.2 Å². The normalized spacial score (nSPS) is 26.3. The maximum Gasteiger partial charge on any atom is 0.416 e. The molecule has 0 N–H and O–H groups in total. The van der Waals surface area contributed by atoms with Crippen LogP contribution >= 0.6 is 0 Å². The van der Waals surface area contributed by atoms with Crippen molar-refractivity contribution in [3.8, 4) is 0 Å². The molecule has 5 heteroatoms. The standard InChI is InChI=1S/C28H34F3NO/c1-16-14-26(2,3)15-20-21(16)22(17-8-6-7-9-17)23-24(33-27(4,5)25(23)32-20)18-10-12-19(13-11-18)28(29,30)31/h10-13,16-17,24H,6-9,14-15H2,1-5H3. The SMILES string of the molecule is CC1CC(C)(C)Cc2nc3c(c(C4CCCC4)c21)C(c1ccc(C(F)(F)F)cc1)OC3(C)C. The third-order valence-electron chi connectivity index (χ3n) is 7.94. The predicted octanol–water partition coefficient (Wildman–Crippen LogP) is 8.19. The van der Waals surface area contributed by atoms with Gasteiger partial charge >= 0.3 is 6.18 Å². The zero-order chi connectivity index (χ0) is 23.8. The summed E-state index contributed by atoms with van der Waals surface area (Å²) >= 11 is 0. The smallest absolute Gasteiger partial charge is 0.357 e. The van der Waals surface area contributed by atoms with Crippen molar-refractivity contribution in [2.24, 2.45) is 5.41 Å². The Bertz CT molecular complexity index is 1060. The van der Waals surface area contributed by atoms with Gasteiger partial charge in [-0.3, -0.25) is 4.98 Å². The van der Waals surface area contributed by atoms with Gasteiger partial charge < -0.3 is 4.74 Å². The highest BCUT2D eigenvalue weighted by Gasteiger charge is 2.46. The summed E-state index contributed by atoms with van der Waals surface area (Å²) in [6.45, 7) is 11.1. The van der Waals surface area contributed by atoms with Gasteiger partial charge in [-0.05, 0) is 85.6 Å². The second-order valence-electron chi connectivity index (χ2n) is 11.7. The van der Waals surface area contributed by atoms with Crippen molar-refractivity contribution in [1.29, 1.82) is 0 Å². The van der Waals surface area contributed by atoms with Gasteiger partial charge in [0.05, 0.1) is 11.3 Å². The fourth-order valence-corrected chi connectivity index (χ4v) is 6.69. The highest BCUT2D eigenvalue weighted by atomic mass is 19.4. The molecule has 1 saturated carbocycles. The third-order valence-corrected chi connectivity index (χ3v) is 7.94. The number of hydrogen-bond acceptors (Lipinski definition) is 2. The molecule has 2 aromatic rings. The van der Waals surface area contributed by atoms with Gasteiger partial charge in [0, 0.05) is 11.3 Å². The average molecular weight is 458 g/mol.